The Kier molecular flexibility index (Phi) is 3.44. The predicted octanol–water partition coefficient (Wildman–Crippen LogP) is 1.71. The molecule has 0 unspecified atom stereocenters. The van der Waals surface area contributed by atoms with Crippen molar-refractivity contribution in [3.8, 4) is 11.5 Å². The number of allylic oxidation sites excluding steroid dienone is 2. The average Bonchev–Trinajstić information content (AvgIpc) is 3.07. The molecule has 8 heteroatoms. The number of aromatic nitrogens is 4. The van der Waals surface area contributed by atoms with Crippen LogP contribution in [0.2, 0.25) is 0 Å². The van der Waals surface area contributed by atoms with Crippen molar-refractivity contribution in [1.82, 2.24) is 20.2 Å². The molecule has 2 aliphatic rings. The van der Waals surface area contributed by atoms with Crippen molar-refractivity contribution in [2.75, 3.05) is 19.5 Å². The van der Waals surface area contributed by atoms with E-state index in [2.05, 4.69) is 20.8 Å². The Labute approximate surface area is 138 Å². The summed E-state index contributed by atoms with van der Waals surface area (Å²) in [5, 5.41) is 15.0. The van der Waals surface area contributed by atoms with Crippen LogP contribution in [0.25, 0.3) is 0 Å². The van der Waals surface area contributed by atoms with Gasteiger partial charge in [0.05, 0.1) is 14.2 Å². The zero-order valence-corrected chi connectivity index (χ0v) is 13.4. The van der Waals surface area contributed by atoms with Crippen LogP contribution in [0.5, 0.6) is 11.5 Å². The summed E-state index contributed by atoms with van der Waals surface area (Å²) in [6.07, 6.45) is 2.16. The maximum atomic E-state index is 12.6. The lowest BCUT2D eigenvalue weighted by Crippen LogP contribution is -2.31. The molecule has 0 spiro atoms. The second-order valence-corrected chi connectivity index (χ2v) is 5.73. The first-order chi connectivity index (χ1) is 11.7. The first kappa shape index (κ1) is 14.7. The summed E-state index contributed by atoms with van der Waals surface area (Å²) in [5.74, 6) is 1.82. The highest BCUT2D eigenvalue weighted by Crippen LogP contribution is 2.44. The quantitative estimate of drug-likeness (QED) is 0.917. The maximum absolute atomic E-state index is 12.6. The van der Waals surface area contributed by atoms with Gasteiger partial charge < -0.3 is 14.8 Å². The number of rotatable bonds is 3. The molecule has 0 saturated carbocycles. The van der Waals surface area contributed by atoms with Gasteiger partial charge in [0.2, 0.25) is 5.95 Å². The van der Waals surface area contributed by atoms with Gasteiger partial charge in [-0.15, -0.1) is 0 Å². The Balaban J connectivity index is 1.96. The van der Waals surface area contributed by atoms with E-state index in [1.807, 2.05) is 18.2 Å². The summed E-state index contributed by atoms with van der Waals surface area (Å²) in [6.45, 7) is 0. The van der Waals surface area contributed by atoms with Crippen molar-refractivity contribution < 1.29 is 14.3 Å². The summed E-state index contributed by atoms with van der Waals surface area (Å²) in [5.41, 5.74) is 2.39. The van der Waals surface area contributed by atoms with Gasteiger partial charge in [-0.3, -0.25) is 4.79 Å². The molecule has 1 atom stereocenters. The second-order valence-electron chi connectivity index (χ2n) is 5.73. The highest BCUT2D eigenvalue weighted by Gasteiger charge is 2.38. The third-order valence-corrected chi connectivity index (χ3v) is 4.46. The van der Waals surface area contributed by atoms with Crippen LogP contribution in [0.15, 0.2) is 29.5 Å². The fraction of sp³-hybridized carbons (Fsp3) is 0.375. The molecule has 8 nitrogen and oxygen atoms in total. The number of carbonyl (C=O) groups is 1. The summed E-state index contributed by atoms with van der Waals surface area (Å²) >= 11 is 0. The van der Waals surface area contributed by atoms with Crippen LogP contribution in [0.4, 0.5) is 5.95 Å². The first-order valence-corrected chi connectivity index (χ1v) is 7.76. The standard InChI is InChI=1S/C16H17N5O3/c1-23-12-8-3-5-9(15(12)24-2)14-13-10(6-4-7-11(13)22)17-16-18-19-20-21(14)16/h3,5,8,14H,4,6-7H2,1-2H3,(H,17,18,20)/t14-/m1/s1. The minimum absolute atomic E-state index is 0.111. The van der Waals surface area contributed by atoms with E-state index in [1.54, 1.807) is 18.9 Å². The van der Waals surface area contributed by atoms with Crippen molar-refractivity contribution in [1.29, 1.82) is 0 Å². The van der Waals surface area contributed by atoms with E-state index in [0.717, 1.165) is 24.1 Å². The average molecular weight is 327 g/mol. The van der Waals surface area contributed by atoms with Crippen LogP contribution >= 0.6 is 0 Å². The highest BCUT2D eigenvalue weighted by molar-refractivity contribution is 5.99. The first-order valence-electron chi connectivity index (χ1n) is 7.76. The van der Waals surface area contributed by atoms with Crippen LogP contribution in [-0.4, -0.2) is 40.2 Å². The minimum Gasteiger partial charge on any atom is -0.493 e. The lowest BCUT2D eigenvalue weighted by Gasteiger charge is -2.32. The molecule has 1 aromatic carbocycles. The predicted molar refractivity (Wildman–Crippen MR) is 85.0 cm³/mol. The SMILES string of the molecule is COc1cccc([C@@H]2C3=C(CCCC3=O)Nc3nnnn32)c1OC. The fourth-order valence-electron chi connectivity index (χ4n) is 3.43. The minimum atomic E-state index is -0.427. The normalized spacial score (nSPS) is 19.4. The van der Waals surface area contributed by atoms with Crippen LogP contribution in [0.1, 0.15) is 30.9 Å². The van der Waals surface area contributed by atoms with Gasteiger partial charge in [-0.1, -0.05) is 17.2 Å². The van der Waals surface area contributed by atoms with E-state index in [0.29, 0.717) is 29.4 Å². The van der Waals surface area contributed by atoms with Crippen LogP contribution in [-0.2, 0) is 4.79 Å². The number of hydrogen-bond donors (Lipinski definition) is 1. The van der Waals surface area contributed by atoms with E-state index < -0.39 is 6.04 Å². The number of fused-ring (bicyclic) bond motifs is 1. The van der Waals surface area contributed by atoms with Crippen molar-refractivity contribution in [3.63, 3.8) is 0 Å². The van der Waals surface area contributed by atoms with Crippen LogP contribution < -0.4 is 14.8 Å². The molecule has 0 radical (unpaired) electrons. The van der Waals surface area contributed by atoms with Crippen molar-refractivity contribution in [2.24, 2.45) is 0 Å². The van der Waals surface area contributed by atoms with Gasteiger partial charge in [0.15, 0.2) is 17.3 Å². The summed E-state index contributed by atoms with van der Waals surface area (Å²) in [4.78, 5) is 12.6. The Morgan fingerprint density at radius 3 is 2.92 bits per heavy atom. The van der Waals surface area contributed by atoms with Crippen molar-refractivity contribution in [3.05, 3.63) is 35.0 Å². The zero-order valence-electron chi connectivity index (χ0n) is 13.4. The number of ether oxygens (including phenoxy) is 2. The van der Waals surface area contributed by atoms with E-state index in [9.17, 15) is 4.79 Å². The van der Waals surface area contributed by atoms with Crippen LogP contribution in [0, 0.1) is 0 Å². The number of tetrazole rings is 1. The molecule has 2 aromatic rings. The smallest absolute Gasteiger partial charge is 0.248 e. The second kappa shape index (κ2) is 5.63. The molecule has 0 saturated heterocycles. The molecule has 124 valence electrons. The summed E-state index contributed by atoms with van der Waals surface area (Å²) in [7, 11) is 3.17. The molecule has 24 heavy (non-hydrogen) atoms. The largest absolute Gasteiger partial charge is 0.493 e. The molecule has 1 aliphatic carbocycles. The Morgan fingerprint density at radius 2 is 2.12 bits per heavy atom. The number of anilines is 1. The maximum Gasteiger partial charge on any atom is 0.248 e. The summed E-state index contributed by atoms with van der Waals surface area (Å²) in [6, 6.07) is 5.18. The van der Waals surface area contributed by atoms with Gasteiger partial charge in [0, 0.05) is 23.3 Å². The van der Waals surface area contributed by atoms with Crippen LogP contribution in [0.3, 0.4) is 0 Å². The molecule has 0 fully saturated rings. The molecule has 0 amide bonds. The van der Waals surface area contributed by atoms with E-state index in [1.165, 1.54) is 0 Å². The number of nitrogens with one attached hydrogen (secondary N) is 1. The van der Waals surface area contributed by atoms with Gasteiger partial charge >= 0.3 is 0 Å². The van der Waals surface area contributed by atoms with Gasteiger partial charge in [0.1, 0.15) is 6.04 Å². The van der Waals surface area contributed by atoms with Crippen molar-refractivity contribution in [2.45, 2.75) is 25.3 Å². The zero-order chi connectivity index (χ0) is 16.7. The molecular weight excluding hydrogens is 310 g/mol. The third-order valence-electron chi connectivity index (χ3n) is 4.46. The monoisotopic (exact) mass is 327 g/mol. The Morgan fingerprint density at radius 1 is 1.25 bits per heavy atom. The number of nitrogens with zero attached hydrogens (tertiary/aromatic N) is 4. The highest BCUT2D eigenvalue weighted by atomic mass is 16.5. The number of para-hydroxylation sites is 1. The summed E-state index contributed by atoms with van der Waals surface area (Å²) < 4.78 is 12.6. The number of ketones is 1. The fourth-order valence-corrected chi connectivity index (χ4v) is 3.43. The number of benzene rings is 1. The molecular formula is C16H17N5O3. The Bertz CT molecular complexity index is 842. The van der Waals surface area contributed by atoms with Crippen molar-refractivity contribution >= 4 is 11.7 Å². The van der Waals surface area contributed by atoms with E-state index in [4.69, 9.17) is 9.47 Å². The lowest BCUT2D eigenvalue weighted by molar-refractivity contribution is -0.116. The third kappa shape index (κ3) is 2.06. The van der Waals surface area contributed by atoms with E-state index >= 15 is 0 Å². The Hall–Kier alpha value is -2.90. The number of hydrogen-bond acceptors (Lipinski definition) is 7. The number of carbonyl (C=O) groups excluding carboxylic acids is 1. The van der Waals surface area contributed by atoms with Gasteiger partial charge in [-0.05, 0) is 29.3 Å². The molecule has 1 aliphatic heterocycles. The molecule has 2 heterocycles. The topological polar surface area (TPSA) is 91.2 Å². The van der Waals surface area contributed by atoms with Gasteiger partial charge in [-0.25, -0.2) is 0 Å². The molecule has 4 rings (SSSR count). The van der Waals surface area contributed by atoms with E-state index in [-0.39, 0.29) is 5.78 Å². The molecule has 0 bridgehead atoms. The molecule has 1 aromatic heterocycles. The van der Waals surface area contributed by atoms with Gasteiger partial charge in [-0.2, -0.15) is 4.68 Å². The number of Topliss-reactive ketones (excluding diaryl/α,β-unsaturated/α-hetero) is 1. The van der Waals surface area contributed by atoms with Gasteiger partial charge in [0.25, 0.3) is 0 Å². The number of methoxy groups -OCH3 is 2. The lowest BCUT2D eigenvalue weighted by atomic mass is 9.85. The molecule has 1 N–H and O–H groups in total.